The summed E-state index contributed by atoms with van der Waals surface area (Å²) in [5.74, 6) is -0.00835. The molecule has 7 nitrogen and oxygen atoms in total. The molecule has 1 N–H and O–H groups in total. The minimum absolute atomic E-state index is 0.00835. The van der Waals surface area contributed by atoms with Crippen molar-refractivity contribution in [3.05, 3.63) is 88.4 Å². The first-order valence-corrected chi connectivity index (χ1v) is 12.8. The quantitative estimate of drug-likeness (QED) is 0.415. The third-order valence-electron chi connectivity index (χ3n) is 6.75. The van der Waals surface area contributed by atoms with Crippen LogP contribution in [0.5, 0.6) is 0 Å². The number of nitriles is 1. The highest BCUT2D eigenvalue weighted by molar-refractivity contribution is 7.16. The fourth-order valence-electron chi connectivity index (χ4n) is 4.70. The Balaban J connectivity index is 1.31. The number of hydrogen-bond donors (Lipinski definition) is 1. The molecule has 0 spiro atoms. The molecule has 0 saturated carbocycles. The van der Waals surface area contributed by atoms with E-state index >= 15 is 0 Å². The molecule has 182 valence electrons. The Kier molecular flexibility index (Phi) is 6.49. The third-order valence-corrected chi connectivity index (χ3v) is 7.70. The van der Waals surface area contributed by atoms with Gasteiger partial charge in [0.15, 0.2) is 0 Å². The Labute approximate surface area is 214 Å². The number of thiophene rings is 1. The second-order valence-electron chi connectivity index (χ2n) is 9.14. The smallest absolute Gasteiger partial charge is 0.322 e. The van der Waals surface area contributed by atoms with Crippen molar-refractivity contribution in [1.29, 1.82) is 5.26 Å². The van der Waals surface area contributed by atoms with E-state index in [0.717, 1.165) is 10.2 Å². The van der Waals surface area contributed by atoms with Crippen molar-refractivity contribution < 1.29 is 9.59 Å². The van der Waals surface area contributed by atoms with Crippen LogP contribution in [0.3, 0.4) is 0 Å². The highest BCUT2D eigenvalue weighted by atomic mass is 32.1. The average Bonchev–Trinajstić information content (AvgIpc) is 3.48. The molecule has 5 rings (SSSR count). The molecular formula is C28H27N5O2S. The van der Waals surface area contributed by atoms with Gasteiger partial charge < -0.3 is 19.7 Å². The molecule has 0 aliphatic carbocycles. The van der Waals surface area contributed by atoms with E-state index in [2.05, 4.69) is 46.5 Å². The van der Waals surface area contributed by atoms with Gasteiger partial charge in [-0.25, -0.2) is 4.79 Å². The molecule has 2 aromatic carbocycles. The second-order valence-corrected chi connectivity index (χ2v) is 10.0. The van der Waals surface area contributed by atoms with Crippen LogP contribution in [0.2, 0.25) is 0 Å². The van der Waals surface area contributed by atoms with Crippen molar-refractivity contribution in [2.24, 2.45) is 0 Å². The number of carbonyl (C=O) groups is 2. The van der Waals surface area contributed by atoms with Gasteiger partial charge in [-0.15, -0.1) is 11.3 Å². The molecule has 0 unspecified atom stereocenters. The van der Waals surface area contributed by atoms with Gasteiger partial charge >= 0.3 is 6.03 Å². The van der Waals surface area contributed by atoms with Gasteiger partial charge in [0, 0.05) is 43.3 Å². The van der Waals surface area contributed by atoms with E-state index in [1.807, 2.05) is 30.0 Å². The number of nitrogens with zero attached hydrogens (tertiary/aromatic N) is 4. The zero-order chi connectivity index (χ0) is 25.2. The number of anilines is 1. The van der Waals surface area contributed by atoms with Crippen LogP contribution < -0.4 is 5.32 Å². The van der Waals surface area contributed by atoms with Gasteiger partial charge in [-0.3, -0.25) is 4.79 Å². The van der Waals surface area contributed by atoms with Gasteiger partial charge in [0.2, 0.25) is 0 Å². The Bertz CT molecular complexity index is 1460. The largest absolute Gasteiger partial charge is 0.334 e. The number of piperazine rings is 1. The maximum atomic E-state index is 13.7. The van der Waals surface area contributed by atoms with Crippen molar-refractivity contribution in [2.75, 3.05) is 25.0 Å². The molecular weight excluding hydrogens is 470 g/mol. The SMILES string of the molecule is Cc1ccccc1Cn1c(C(=O)N2CCN(C(=O)Nc3ccc(C#N)cc3)[C@H](C)C2)cc2ccsc21. The summed E-state index contributed by atoms with van der Waals surface area (Å²) in [5.41, 5.74) is 4.25. The summed E-state index contributed by atoms with van der Waals surface area (Å²) < 4.78 is 2.12. The number of benzene rings is 2. The van der Waals surface area contributed by atoms with E-state index in [-0.39, 0.29) is 18.0 Å². The predicted octanol–water partition coefficient (Wildman–Crippen LogP) is 5.31. The molecule has 0 bridgehead atoms. The molecule has 3 amide bonds. The average molecular weight is 498 g/mol. The lowest BCUT2D eigenvalue weighted by Gasteiger charge is -2.39. The number of nitrogens with one attached hydrogen (secondary N) is 1. The summed E-state index contributed by atoms with van der Waals surface area (Å²) in [7, 11) is 0. The van der Waals surface area contributed by atoms with Crippen LogP contribution >= 0.6 is 11.3 Å². The fraction of sp³-hybridized carbons (Fsp3) is 0.250. The molecule has 4 aromatic rings. The monoisotopic (exact) mass is 497 g/mol. The van der Waals surface area contributed by atoms with E-state index in [1.54, 1.807) is 40.5 Å². The van der Waals surface area contributed by atoms with Crippen LogP contribution in [0, 0.1) is 18.3 Å². The first-order valence-electron chi connectivity index (χ1n) is 11.9. The molecule has 1 saturated heterocycles. The lowest BCUT2D eigenvalue weighted by molar-refractivity contribution is 0.0583. The van der Waals surface area contributed by atoms with Crippen molar-refractivity contribution >= 4 is 39.2 Å². The first-order chi connectivity index (χ1) is 17.4. The van der Waals surface area contributed by atoms with Gasteiger partial charge in [-0.2, -0.15) is 5.26 Å². The van der Waals surface area contributed by atoms with Crippen molar-refractivity contribution in [3.63, 3.8) is 0 Å². The van der Waals surface area contributed by atoms with Gasteiger partial charge in [0.1, 0.15) is 10.5 Å². The van der Waals surface area contributed by atoms with Crippen LogP contribution in [-0.4, -0.2) is 52.0 Å². The predicted molar refractivity (Wildman–Crippen MR) is 142 cm³/mol. The maximum absolute atomic E-state index is 13.7. The number of fused-ring (bicyclic) bond motifs is 1. The summed E-state index contributed by atoms with van der Waals surface area (Å²) in [6, 6.07) is 20.8. The summed E-state index contributed by atoms with van der Waals surface area (Å²) in [4.78, 5) is 31.3. The van der Waals surface area contributed by atoms with Crippen LogP contribution in [0.4, 0.5) is 10.5 Å². The Morgan fingerprint density at radius 1 is 1.11 bits per heavy atom. The minimum Gasteiger partial charge on any atom is -0.334 e. The number of aryl methyl sites for hydroxylation is 1. The Morgan fingerprint density at radius 3 is 2.61 bits per heavy atom. The molecule has 8 heteroatoms. The summed E-state index contributed by atoms with van der Waals surface area (Å²) in [6.45, 7) is 6.07. The van der Waals surface area contributed by atoms with E-state index in [0.29, 0.717) is 43.1 Å². The lowest BCUT2D eigenvalue weighted by atomic mass is 10.1. The molecule has 1 aliphatic rings. The van der Waals surface area contributed by atoms with Gasteiger partial charge in [0.25, 0.3) is 5.91 Å². The molecule has 1 aliphatic heterocycles. The van der Waals surface area contributed by atoms with Crippen molar-refractivity contribution in [2.45, 2.75) is 26.4 Å². The van der Waals surface area contributed by atoms with Crippen LogP contribution in [-0.2, 0) is 6.54 Å². The van der Waals surface area contributed by atoms with E-state index < -0.39 is 0 Å². The van der Waals surface area contributed by atoms with E-state index in [4.69, 9.17) is 5.26 Å². The zero-order valence-electron chi connectivity index (χ0n) is 20.3. The maximum Gasteiger partial charge on any atom is 0.322 e. The standard InChI is InChI=1S/C28H27N5O2S/c1-19-5-3-4-6-23(19)18-33-25(15-22-11-14-36-27(22)33)26(34)31-12-13-32(20(2)17-31)28(35)30-24-9-7-21(16-29)8-10-24/h3-11,14-15,20H,12-13,17-18H2,1-2H3,(H,30,35)/t20-/m1/s1. The lowest BCUT2D eigenvalue weighted by Crippen LogP contribution is -2.56. The van der Waals surface area contributed by atoms with Crippen molar-refractivity contribution in [1.82, 2.24) is 14.4 Å². The number of hydrogen-bond acceptors (Lipinski definition) is 4. The molecule has 1 atom stereocenters. The number of rotatable bonds is 4. The van der Waals surface area contributed by atoms with Gasteiger partial charge in [-0.05, 0) is 66.8 Å². The summed E-state index contributed by atoms with van der Waals surface area (Å²) >= 11 is 1.65. The summed E-state index contributed by atoms with van der Waals surface area (Å²) in [6.07, 6.45) is 0. The van der Waals surface area contributed by atoms with Crippen LogP contribution in [0.15, 0.2) is 66.0 Å². The van der Waals surface area contributed by atoms with Crippen LogP contribution in [0.1, 0.15) is 34.1 Å². The van der Waals surface area contributed by atoms with Gasteiger partial charge in [0.05, 0.1) is 11.6 Å². The number of amides is 3. The normalized spacial score (nSPS) is 15.6. The number of urea groups is 1. The van der Waals surface area contributed by atoms with Crippen molar-refractivity contribution in [3.8, 4) is 6.07 Å². The Morgan fingerprint density at radius 2 is 1.89 bits per heavy atom. The van der Waals surface area contributed by atoms with E-state index in [1.165, 1.54) is 11.1 Å². The zero-order valence-corrected chi connectivity index (χ0v) is 21.1. The molecule has 0 radical (unpaired) electrons. The number of aromatic nitrogens is 1. The molecule has 36 heavy (non-hydrogen) atoms. The third kappa shape index (κ3) is 4.58. The highest BCUT2D eigenvalue weighted by Gasteiger charge is 2.32. The minimum atomic E-state index is -0.206. The molecule has 2 aromatic heterocycles. The highest BCUT2D eigenvalue weighted by Crippen LogP contribution is 2.28. The second kappa shape index (κ2) is 9.88. The first kappa shape index (κ1) is 23.6. The summed E-state index contributed by atoms with van der Waals surface area (Å²) in [5, 5.41) is 15.0. The van der Waals surface area contributed by atoms with E-state index in [9.17, 15) is 9.59 Å². The Hall–Kier alpha value is -4.09. The molecule has 3 heterocycles. The fourth-order valence-corrected chi connectivity index (χ4v) is 5.59. The van der Waals surface area contributed by atoms with Crippen LogP contribution in [0.25, 0.3) is 10.2 Å². The topological polar surface area (TPSA) is 81.4 Å². The molecule has 1 fully saturated rings. The van der Waals surface area contributed by atoms with Gasteiger partial charge in [-0.1, -0.05) is 24.3 Å². The number of carbonyl (C=O) groups excluding carboxylic acids is 2.